The average Bonchev–Trinajstić information content (AvgIpc) is 3.00. The third-order valence-corrected chi connectivity index (χ3v) is 3.98. The van der Waals surface area contributed by atoms with E-state index >= 15 is 0 Å². The van der Waals surface area contributed by atoms with Crippen molar-refractivity contribution in [1.29, 1.82) is 0 Å². The quantitative estimate of drug-likeness (QED) is 0.728. The molecule has 1 saturated heterocycles. The zero-order valence-corrected chi connectivity index (χ0v) is 16.1. The van der Waals surface area contributed by atoms with E-state index in [4.69, 9.17) is 4.74 Å². The van der Waals surface area contributed by atoms with Crippen LogP contribution in [0.2, 0.25) is 0 Å². The molecule has 1 atom stereocenters. The van der Waals surface area contributed by atoms with Crippen LogP contribution in [0, 0.1) is 0 Å². The lowest BCUT2D eigenvalue weighted by molar-refractivity contribution is -0.188. The SMILES string of the molecule is CN(C)/C=C1\C(=O)C(c2cnn(C)c2)(C(F)(F)F)CN1C(=O)OC(C)(C)C. The Morgan fingerprint density at radius 1 is 1.33 bits per heavy atom. The van der Waals surface area contributed by atoms with E-state index in [2.05, 4.69) is 5.10 Å². The van der Waals surface area contributed by atoms with Crippen LogP contribution >= 0.6 is 0 Å². The fourth-order valence-corrected chi connectivity index (χ4v) is 2.83. The molecule has 150 valence electrons. The standard InChI is InChI=1S/C17H23F3N4O3/c1-15(2,3)27-14(26)24-10-16(17(18,19)20,11-7-21-23(6)8-11)13(25)12(24)9-22(4)5/h7-9H,10H2,1-6H3/b12-9+. The van der Waals surface area contributed by atoms with E-state index in [1.54, 1.807) is 34.9 Å². The molecule has 1 aliphatic heterocycles. The van der Waals surface area contributed by atoms with Gasteiger partial charge in [-0.15, -0.1) is 0 Å². The van der Waals surface area contributed by atoms with Gasteiger partial charge in [0.05, 0.1) is 12.7 Å². The molecule has 10 heteroatoms. The van der Waals surface area contributed by atoms with E-state index in [0.29, 0.717) is 0 Å². The second-order valence-corrected chi connectivity index (χ2v) is 7.68. The molecule has 27 heavy (non-hydrogen) atoms. The molecule has 0 aliphatic carbocycles. The predicted octanol–water partition coefficient (Wildman–Crippen LogP) is 2.44. The Kier molecular flexibility index (Phi) is 5.06. The molecule has 2 rings (SSSR count). The number of Topliss-reactive ketones (excluding diaryl/α,β-unsaturated/α-hetero) is 1. The van der Waals surface area contributed by atoms with Crippen LogP contribution in [-0.2, 0) is 22.0 Å². The van der Waals surface area contributed by atoms with E-state index in [1.165, 1.54) is 22.8 Å². The molecule has 1 aromatic heterocycles. The number of aromatic nitrogens is 2. The Morgan fingerprint density at radius 2 is 1.93 bits per heavy atom. The van der Waals surface area contributed by atoms with Crippen LogP contribution in [0.5, 0.6) is 0 Å². The number of halogens is 3. The summed E-state index contributed by atoms with van der Waals surface area (Å²) in [5.41, 5.74) is -4.53. The third kappa shape index (κ3) is 3.79. The van der Waals surface area contributed by atoms with Gasteiger partial charge in [-0.25, -0.2) is 4.79 Å². The molecule has 2 heterocycles. The van der Waals surface area contributed by atoms with Crippen LogP contribution in [-0.4, -0.2) is 63.9 Å². The summed E-state index contributed by atoms with van der Waals surface area (Å²) in [6.45, 7) is 3.87. The monoisotopic (exact) mass is 388 g/mol. The number of amides is 1. The van der Waals surface area contributed by atoms with Crippen molar-refractivity contribution < 1.29 is 27.5 Å². The number of ketones is 1. The molecule has 1 unspecified atom stereocenters. The fourth-order valence-electron chi connectivity index (χ4n) is 2.83. The van der Waals surface area contributed by atoms with Crippen LogP contribution in [0.3, 0.4) is 0 Å². The summed E-state index contributed by atoms with van der Waals surface area (Å²) in [5.74, 6) is -1.22. The zero-order valence-electron chi connectivity index (χ0n) is 16.1. The summed E-state index contributed by atoms with van der Waals surface area (Å²) in [6.07, 6.45) is -2.63. The van der Waals surface area contributed by atoms with Gasteiger partial charge in [0.1, 0.15) is 11.3 Å². The molecule has 0 bridgehead atoms. The van der Waals surface area contributed by atoms with Gasteiger partial charge >= 0.3 is 12.3 Å². The minimum Gasteiger partial charge on any atom is -0.443 e. The van der Waals surface area contributed by atoms with Crippen LogP contribution in [0.25, 0.3) is 0 Å². The molecule has 1 fully saturated rings. The number of hydrogen-bond acceptors (Lipinski definition) is 5. The van der Waals surface area contributed by atoms with Gasteiger partial charge in [-0.1, -0.05) is 0 Å². The number of hydrogen-bond donors (Lipinski definition) is 0. The Bertz CT molecular complexity index is 777. The van der Waals surface area contributed by atoms with Gasteiger partial charge in [0, 0.05) is 39.1 Å². The van der Waals surface area contributed by atoms with Crippen LogP contribution in [0.4, 0.5) is 18.0 Å². The highest BCUT2D eigenvalue weighted by Gasteiger charge is 2.68. The summed E-state index contributed by atoms with van der Waals surface area (Å²) in [4.78, 5) is 27.7. The van der Waals surface area contributed by atoms with E-state index in [-0.39, 0.29) is 11.3 Å². The summed E-state index contributed by atoms with van der Waals surface area (Å²) < 4.78 is 48.9. The summed E-state index contributed by atoms with van der Waals surface area (Å²) in [7, 11) is 4.55. The number of alkyl halides is 3. The Morgan fingerprint density at radius 3 is 2.33 bits per heavy atom. The largest absolute Gasteiger partial charge is 0.443 e. The molecule has 0 saturated carbocycles. The van der Waals surface area contributed by atoms with E-state index in [9.17, 15) is 22.8 Å². The van der Waals surface area contributed by atoms with Crippen LogP contribution < -0.4 is 0 Å². The predicted molar refractivity (Wildman–Crippen MR) is 90.7 cm³/mol. The molecule has 1 aliphatic rings. The minimum atomic E-state index is -4.94. The third-order valence-electron chi connectivity index (χ3n) is 3.98. The first-order valence-corrected chi connectivity index (χ1v) is 8.18. The molecule has 0 aromatic carbocycles. The van der Waals surface area contributed by atoms with Gasteiger partial charge in [-0.3, -0.25) is 14.4 Å². The van der Waals surface area contributed by atoms with Crippen molar-refractivity contribution in [3.05, 3.63) is 29.9 Å². The number of aryl methyl sites for hydroxylation is 1. The van der Waals surface area contributed by atoms with Gasteiger partial charge in [-0.05, 0) is 20.8 Å². The van der Waals surface area contributed by atoms with Crippen molar-refractivity contribution in [2.75, 3.05) is 20.6 Å². The Balaban J connectivity index is 2.64. The number of ether oxygens (including phenoxy) is 1. The number of carbonyl (C=O) groups excluding carboxylic acids is 2. The minimum absolute atomic E-state index is 0.321. The van der Waals surface area contributed by atoms with Crippen molar-refractivity contribution in [1.82, 2.24) is 19.6 Å². The van der Waals surface area contributed by atoms with Gasteiger partial charge in [0.25, 0.3) is 0 Å². The molecule has 7 nitrogen and oxygen atoms in total. The molecule has 0 radical (unpaired) electrons. The maximum atomic E-state index is 14.2. The highest BCUT2D eigenvalue weighted by molar-refractivity contribution is 6.09. The molecule has 0 N–H and O–H groups in total. The van der Waals surface area contributed by atoms with Crippen molar-refractivity contribution in [2.24, 2.45) is 7.05 Å². The van der Waals surface area contributed by atoms with Crippen molar-refractivity contribution in [3.63, 3.8) is 0 Å². The second kappa shape index (κ2) is 6.58. The van der Waals surface area contributed by atoms with Gasteiger partial charge in [0.15, 0.2) is 5.41 Å². The summed E-state index contributed by atoms with van der Waals surface area (Å²) in [6, 6.07) is 0. The molecular weight excluding hydrogens is 365 g/mol. The lowest BCUT2D eigenvalue weighted by atomic mass is 9.79. The van der Waals surface area contributed by atoms with E-state index < -0.39 is 35.6 Å². The number of allylic oxidation sites excluding steroid dienone is 1. The topological polar surface area (TPSA) is 67.7 Å². The number of likely N-dealkylation sites (tertiary alicyclic amines) is 1. The zero-order chi connectivity index (χ0) is 20.8. The number of nitrogens with zero attached hydrogens (tertiary/aromatic N) is 4. The first-order chi connectivity index (χ1) is 12.2. The lowest BCUT2D eigenvalue weighted by Crippen LogP contribution is -2.49. The highest BCUT2D eigenvalue weighted by Crippen LogP contribution is 2.48. The Labute approximate surface area is 155 Å². The normalized spacial score (nSPS) is 22.5. The number of rotatable bonds is 2. The van der Waals surface area contributed by atoms with Crippen molar-refractivity contribution >= 4 is 11.9 Å². The first kappa shape index (κ1) is 20.8. The highest BCUT2D eigenvalue weighted by atomic mass is 19.4. The fraction of sp³-hybridized carbons (Fsp3) is 0.588. The maximum absolute atomic E-state index is 14.2. The van der Waals surface area contributed by atoms with Gasteiger partial charge in [0.2, 0.25) is 5.78 Å². The maximum Gasteiger partial charge on any atom is 0.415 e. The van der Waals surface area contributed by atoms with Gasteiger partial charge in [-0.2, -0.15) is 18.3 Å². The van der Waals surface area contributed by atoms with E-state index in [0.717, 1.165) is 17.3 Å². The molecule has 1 amide bonds. The lowest BCUT2D eigenvalue weighted by Gasteiger charge is -2.29. The van der Waals surface area contributed by atoms with E-state index in [1.807, 2.05) is 0 Å². The number of carbonyl (C=O) groups is 2. The van der Waals surface area contributed by atoms with Gasteiger partial charge < -0.3 is 9.64 Å². The van der Waals surface area contributed by atoms with Crippen LogP contribution in [0.1, 0.15) is 26.3 Å². The summed E-state index contributed by atoms with van der Waals surface area (Å²) >= 11 is 0. The molecule has 0 spiro atoms. The molecule has 1 aromatic rings. The smallest absolute Gasteiger partial charge is 0.415 e. The first-order valence-electron chi connectivity index (χ1n) is 8.18. The molecular formula is C17H23F3N4O3. The second-order valence-electron chi connectivity index (χ2n) is 7.68. The van der Waals surface area contributed by atoms with Crippen LogP contribution in [0.15, 0.2) is 24.3 Å². The Hall–Kier alpha value is -2.52. The average molecular weight is 388 g/mol. The summed E-state index contributed by atoms with van der Waals surface area (Å²) in [5, 5.41) is 3.77. The van der Waals surface area contributed by atoms with Crippen molar-refractivity contribution in [2.45, 2.75) is 38.0 Å². The van der Waals surface area contributed by atoms with Crippen molar-refractivity contribution in [3.8, 4) is 0 Å².